The van der Waals surface area contributed by atoms with E-state index in [1.54, 1.807) is 18.2 Å². The molecule has 0 saturated heterocycles. The summed E-state index contributed by atoms with van der Waals surface area (Å²) in [6.45, 7) is 12.5. The lowest BCUT2D eigenvalue weighted by atomic mass is 10.1. The number of nitrogens with zero attached hydrogens (tertiary/aromatic N) is 1. The van der Waals surface area contributed by atoms with Gasteiger partial charge in [0.25, 0.3) is 0 Å². The zero-order valence-electron chi connectivity index (χ0n) is 6.76. The highest BCUT2D eigenvalue weighted by Gasteiger charge is 2.02. The van der Waals surface area contributed by atoms with Crippen LogP contribution in [-0.4, -0.2) is 0 Å². The number of hydrogen-bond acceptors (Lipinski definition) is 0. The third-order valence-corrected chi connectivity index (χ3v) is 1.77. The molecule has 12 heavy (non-hydrogen) atoms. The highest BCUT2D eigenvalue weighted by molar-refractivity contribution is 6.30. The molecule has 1 aromatic rings. The van der Waals surface area contributed by atoms with Crippen LogP contribution in [0.1, 0.15) is 12.5 Å². The van der Waals surface area contributed by atoms with Gasteiger partial charge in [-0.3, -0.25) is 0 Å². The number of benzene rings is 1. The maximum atomic E-state index is 6.89. The average molecular weight is 178 g/mol. The van der Waals surface area contributed by atoms with Gasteiger partial charge in [-0.1, -0.05) is 35.9 Å². The van der Waals surface area contributed by atoms with Crippen LogP contribution in [0.3, 0.4) is 0 Å². The van der Waals surface area contributed by atoms with Crippen molar-refractivity contribution in [1.29, 1.82) is 0 Å². The van der Waals surface area contributed by atoms with Crippen molar-refractivity contribution < 1.29 is 0 Å². The zero-order valence-corrected chi connectivity index (χ0v) is 7.52. The van der Waals surface area contributed by atoms with Crippen molar-refractivity contribution in [3.63, 3.8) is 0 Å². The first-order chi connectivity index (χ1) is 5.65. The molecular weight excluding hydrogens is 170 g/mol. The van der Waals surface area contributed by atoms with E-state index in [4.69, 9.17) is 18.2 Å². The Balaban J connectivity index is 3.34. The predicted octanol–water partition coefficient (Wildman–Crippen LogP) is 3.92. The van der Waals surface area contributed by atoms with Crippen LogP contribution in [0.15, 0.2) is 24.8 Å². The minimum Gasteiger partial charge on any atom is -0.238 e. The van der Waals surface area contributed by atoms with Crippen LogP contribution in [-0.2, 0) is 0 Å². The van der Waals surface area contributed by atoms with Crippen LogP contribution < -0.4 is 0 Å². The highest BCUT2D eigenvalue weighted by Crippen LogP contribution is 2.28. The Morgan fingerprint density at radius 3 is 2.75 bits per heavy atom. The normalized spacial score (nSPS) is 9.08. The van der Waals surface area contributed by atoms with Gasteiger partial charge in [-0.25, -0.2) is 4.85 Å². The van der Waals surface area contributed by atoms with Gasteiger partial charge in [-0.15, -0.1) is 0 Å². The average Bonchev–Trinajstić information content (AvgIpc) is 2.04. The van der Waals surface area contributed by atoms with E-state index in [2.05, 4.69) is 11.4 Å². The summed E-state index contributed by atoms with van der Waals surface area (Å²) in [7, 11) is 0. The van der Waals surface area contributed by atoms with Crippen LogP contribution in [0.5, 0.6) is 0 Å². The summed E-state index contributed by atoms with van der Waals surface area (Å²) < 4.78 is 0. The van der Waals surface area contributed by atoms with Crippen molar-refractivity contribution in [3.05, 3.63) is 46.8 Å². The Morgan fingerprint density at radius 1 is 1.58 bits per heavy atom. The molecule has 0 aliphatic rings. The molecule has 0 spiro atoms. The molecule has 0 heterocycles. The molecule has 0 N–H and O–H groups in total. The molecule has 0 amide bonds. The number of halogens is 1. The summed E-state index contributed by atoms with van der Waals surface area (Å²) >= 11 is 5.77. The van der Waals surface area contributed by atoms with Crippen LogP contribution in [0.2, 0.25) is 5.02 Å². The third kappa shape index (κ3) is 1.66. The van der Waals surface area contributed by atoms with Crippen LogP contribution >= 0.6 is 11.6 Å². The second-order valence-corrected chi connectivity index (χ2v) is 2.99. The van der Waals surface area contributed by atoms with E-state index in [0.29, 0.717) is 10.7 Å². The standard InChI is InChI=1S/C10H8ClN/c1-7(2)9-6-8(11)4-5-10(9)12-3/h4-6H,1H2,2H3. The van der Waals surface area contributed by atoms with Crippen LogP contribution in [0.25, 0.3) is 10.4 Å². The number of rotatable bonds is 1. The molecular formula is C10H8ClN. The molecule has 0 radical (unpaired) electrons. The van der Waals surface area contributed by atoms with Crippen molar-refractivity contribution in [3.8, 4) is 0 Å². The smallest absolute Gasteiger partial charge is 0.194 e. The van der Waals surface area contributed by atoms with E-state index in [1.165, 1.54) is 0 Å². The van der Waals surface area contributed by atoms with Gasteiger partial charge in [-0.2, -0.15) is 0 Å². The third-order valence-electron chi connectivity index (χ3n) is 1.54. The highest BCUT2D eigenvalue weighted by atomic mass is 35.5. The molecule has 1 aromatic carbocycles. The Hall–Kier alpha value is -1.26. The van der Waals surface area contributed by atoms with Crippen LogP contribution in [0.4, 0.5) is 5.69 Å². The van der Waals surface area contributed by atoms with Crippen molar-refractivity contribution in [1.82, 2.24) is 0 Å². The van der Waals surface area contributed by atoms with Crippen LogP contribution in [0, 0.1) is 6.57 Å². The van der Waals surface area contributed by atoms with E-state index in [0.717, 1.165) is 11.1 Å². The predicted molar refractivity (Wildman–Crippen MR) is 52.4 cm³/mol. The maximum absolute atomic E-state index is 6.89. The van der Waals surface area contributed by atoms with E-state index < -0.39 is 0 Å². The molecule has 60 valence electrons. The molecule has 0 fully saturated rings. The molecule has 0 aliphatic heterocycles. The second-order valence-electron chi connectivity index (χ2n) is 2.55. The quantitative estimate of drug-likeness (QED) is 0.573. The van der Waals surface area contributed by atoms with E-state index >= 15 is 0 Å². The minimum absolute atomic E-state index is 0.604. The van der Waals surface area contributed by atoms with Crippen molar-refractivity contribution in [2.45, 2.75) is 6.92 Å². The summed E-state index contributed by atoms with van der Waals surface area (Å²) in [5.74, 6) is 0. The maximum Gasteiger partial charge on any atom is 0.194 e. The largest absolute Gasteiger partial charge is 0.238 e. The van der Waals surface area contributed by atoms with Crippen molar-refractivity contribution >= 4 is 22.9 Å². The van der Waals surface area contributed by atoms with Gasteiger partial charge < -0.3 is 0 Å². The monoisotopic (exact) mass is 177 g/mol. The SMILES string of the molecule is [C-]#[N+]c1ccc(Cl)cc1C(=C)C. The van der Waals surface area contributed by atoms with E-state index in [-0.39, 0.29) is 0 Å². The van der Waals surface area contributed by atoms with Gasteiger partial charge in [0.1, 0.15) is 0 Å². The van der Waals surface area contributed by atoms with Gasteiger partial charge >= 0.3 is 0 Å². The lowest BCUT2D eigenvalue weighted by Crippen LogP contribution is -1.77. The molecule has 2 heteroatoms. The molecule has 0 atom stereocenters. The Morgan fingerprint density at radius 2 is 2.25 bits per heavy atom. The first-order valence-electron chi connectivity index (χ1n) is 3.48. The Kier molecular flexibility index (Phi) is 2.52. The molecule has 0 aliphatic carbocycles. The lowest BCUT2D eigenvalue weighted by Gasteiger charge is -2.02. The molecule has 1 nitrogen and oxygen atoms in total. The van der Waals surface area contributed by atoms with Gasteiger partial charge in [-0.05, 0) is 18.6 Å². The fraction of sp³-hybridized carbons (Fsp3) is 0.100. The van der Waals surface area contributed by atoms with E-state index in [9.17, 15) is 0 Å². The van der Waals surface area contributed by atoms with E-state index in [1.807, 2.05) is 6.92 Å². The first-order valence-corrected chi connectivity index (χ1v) is 3.86. The summed E-state index contributed by atoms with van der Waals surface area (Å²) in [6, 6.07) is 5.18. The summed E-state index contributed by atoms with van der Waals surface area (Å²) in [4.78, 5) is 3.36. The molecule has 0 saturated carbocycles. The second kappa shape index (κ2) is 3.42. The summed E-state index contributed by atoms with van der Waals surface area (Å²) in [5, 5.41) is 0.639. The molecule has 1 rings (SSSR count). The topological polar surface area (TPSA) is 4.36 Å². The molecule has 0 bridgehead atoms. The molecule has 0 unspecified atom stereocenters. The zero-order chi connectivity index (χ0) is 9.14. The van der Waals surface area contributed by atoms with Gasteiger partial charge in [0, 0.05) is 5.02 Å². The Bertz CT molecular complexity index is 361. The first kappa shape index (κ1) is 8.83. The molecule has 0 aromatic heterocycles. The fourth-order valence-electron chi connectivity index (χ4n) is 0.948. The summed E-state index contributed by atoms with van der Waals surface area (Å²) in [6.07, 6.45) is 0. The lowest BCUT2D eigenvalue weighted by molar-refractivity contribution is 1.59. The van der Waals surface area contributed by atoms with Gasteiger partial charge in [0.05, 0.1) is 6.57 Å². The van der Waals surface area contributed by atoms with Crippen molar-refractivity contribution in [2.75, 3.05) is 0 Å². The number of allylic oxidation sites excluding steroid dienone is 1. The summed E-state index contributed by atoms with van der Waals surface area (Å²) in [5.41, 5.74) is 2.30. The van der Waals surface area contributed by atoms with Gasteiger partial charge in [0.2, 0.25) is 0 Å². The van der Waals surface area contributed by atoms with Crippen molar-refractivity contribution in [2.24, 2.45) is 0 Å². The van der Waals surface area contributed by atoms with Gasteiger partial charge in [0.15, 0.2) is 5.69 Å². The number of hydrogen-bond donors (Lipinski definition) is 0. The minimum atomic E-state index is 0.604. The fourth-order valence-corrected chi connectivity index (χ4v) is 1.12. The Labute approximate surface area is 77.1 Å².